The summed E-state index contributed by atoms with van der Waals surface area (Å²) >= 11 is 0. The van der Waals surface area contributed by atoms with Gasteiger partial charge in [0.05, 0.1) is 30.9 Å². The molecule has 6 unspecified atom stereocenters. The summed E-state index contributed by atoms with van der Waals surface area (Å²) in [4.78, 5) is 81.7. The normalized spacial score (nSPS) is 25.7. The van der Waals surface area contributed by atoms with Crippen LogP contribution in [0.15, 0.2) is 60.7 Å². The van der Waals surface area contributed by atoms with E-state index in [4.69, 9.17) is 5.73 Å². The molecule has 1 heterocycles. The highest BCUT2D eigenvalue weighted by Crippen LogP contribution is 2.24. The van der Waals surface area contributed by atoms with Crippen LogP contribution in [0.25, 0.3) is 0 Å². The molecule has 1 aliphatic heterocycles. The van der Waals surface area contributed by atoms with Gasteiger partial charge in [0.25, 0.3) is 0 Å². The number of aliphatic hydroxyl groups is 4. The molecule has 6 amide bonds. The zero-order valence-electron chi connectivity index (χ0n) is 33.5. The number of aliphatic hydroxyl groups excluding tert-OH is 4. The van der Waals surface area contributed by atoms with Crippen LogP contribution < -0.4 is 43.0 Å². The first-order valence-electron chi connectivity index (χ1n) is 19.4. The van der Waals surface area contributed by atoms with Crippen molar-refractivity contribution in [2.45, 2.75) is 114 Å². The zero-order valence-corrected chi connectivity index (χ0v) is 35.1. The van der Waals surface area contributed by atoms with Crippen LogP contribution in [0.5, 0.6) is 0 Å². The van der Waals surface area contributed by atoms with Gasteiger partial charge in [-0.1, -0.05) is 89.2 Å². The van der Waals surface area contributed by atoms with E-state index in [1.165, 1.54) is 20.8 Å². The van der Waals surface area contributed by atoms with Crippen molar-refractivity contribution in [3.63, 3.8) is 0 Å². The molecule has 2 aromatic rings. The molecule has 326 valence electrons. The fourth-order valence-electron chi connectivity index (χ4n) is 5.83. The molecule has 0 radical (unpaired) electrons. The number of hydrogen-bond acceptors (Lipinski definition) is 14. The number of amides is 6. The highest BCUT2D eigenvalue weighted by Gasteiger charge is 2.35. The predicted molar refractivity (Wildman–Crippen MR) is 224 cm³/mol. The van der Waals surface area contributed by atoms with E-state index < -0.39 is 109 Å². The number of hydrogen-bond donors (Lipinski definition) is 12. The number of nitrogens with one attached hydrogen (secondary N) is 7. The highest BCUT2D eigenvalue weighted by molar-refractivity contribution is 8.76. The molecule has 0 aromatic heterocycles. The van der Waals surface area contributed by atoms with E-state index in [-0.39, 0.29) is 30.8 Å². The molecule has 18 nitrogen and oxygen atoms in total. The molecular weight excluding hydrogens is 805 g/mol. The quantitative estimate of drug-likeness (QED) is 0.0737. The smallest absolute Gasteiger partial charge is 0.245 e. The zero-order chi connectivity index (χ0) is 43.6. The monoisotopic (exact) mass is 862 g/mol. The van der Waals surface area contributed by atoms with Gasteiger partial charge in [-0.05, 0) is 44.7 Å². The Morgan fingerprint density at radius 2 is 1.36 bits per heavy atom. The van der Waals surface area contributed by atoms with Crippen LogP contribution in [0.4, 0.5) is 0 Å². The lowest BCUT2D eigenvalue weighted by molar-refractivity contribution is -0.136. The number of nitrogens with two attached hydrogens (primary N) is 1. The third kappa shape index (κ3) is 16.0. The minimum atomic E-state index is -1.59. The summed E-state index contributed by atoms with van der Waals surface area (Å²) in [6.45, 7) is 4.97. The lowest BCUT2D eigenvalue weighted by Gasteiger charge is -2.29. The summed E-state index contributed by atoms with van der Waals surface area (Å²) in [6.07, 6.45) is -3.71. The van der Waals surface area contributed by atoms with E-state index in [2.05, 4.69) is 37.2 Å². The van der Waals surface area contributed by atoms with Gasteiger partial charge in [0.1, 0.15) is 36.4 Å². The van der Waals surface area contributed by atoms with Crippen molar-refractivity contribution in [3.05, 3.63) is 71.8 Å². The average Bonchev–Trinajstić information content (AvgIpc) is 3.20. The number of benzene rings is 2. The Morgan fingerprint density at radius 3 is 1.93 bits per heavy atom. The van der Waals surface area contributed by atoms with Crippen molar-refractivity contribution in [2.75, 3.05) is 18.1 Å². The molecule has 1 saturated heterocycles. The van der Waals surface area contributed by atoms with Crippen LogP contribution in [-0.2, 0) is 41.6 Å². The van der Waals surface area contributed by atoms with Gasteiger partial charge in [-0.25, -0.2) is 0 Å². The maximum atomic E-state index is 14.1. The Hall–Kier alpha value is -4.28. The fourth-order valence-corrected chi connectivity index (χ4v) is 8.17. The third-order valence-electron chi connectivity index (χ3n) is 9.47. The minimum Gasteiger partial charge on any atom is -0.394 e. The molecule has 1 aliphatic rings. The molecule has 20 heteroatoms. The fraction of sp³-hybridized carbons (Fsp3) is 0.538. The van der Waals surface area contributed by atoms with Crippen molar-refractivity contribution in [1.29, 1.82) is 0 Å². The first-order chi connectivity index (χ1) is 28.0. The molecular formula is C39H58N8O10S2. The summed E-state index contributed by atoms with van der Waals surface area (Å²) in [5, 5.41) is 59.8. The van der Waals surface area contributed by atoms with Crippen LogP contribution in [0, 0.1) is 0 Å². The number of carbonyl (C=O) groups excluding carboxylic acids is 6. The van der Waals surface area contributed by atoms with Crippen LogP contribution in [0.1, 0.15) is 45.2 Å². The summed E-state index contributed by atoms with van der Waals surface area (Å²) < 4.78 is 0. The van der Waals surface area contributed by atoms with E-state index in [1.54, 1.807) is 37.3 Å². The van der Waals surface area contributed by atoms with E-state index in [0.717, 1.165) is 27.2 Å². The molecule has 0 bridgehead atoms. The van der Waals surface area contributed by atoms with Crippen molar-refractivity contribution < 1.29 is 49.2 Å². The van der Waals surface area contributed by atoms with Gasteiger partial charge in [-0.3, -0.25) is 34.1 Å². The Morgan fingerprint density at radius 1 is 0.780 bits per heavy atom. The molecule has 59 heavy (non-hydrogen) atoms. The lowest BCUT2D eigenvalue weighted by atomic mass is 10.0. The van der Waals surface area contributed by atoms with Crippen molar-refractivity contribution >= 4 is 57.0 Å². The first-order valence-corrected chi connectivity index (χ1v) is 21.8. The second kappa shape index (κ2) is 24.7. The van der Waals surface area contributed by atoms with Crippen LogP contribution in [0.2, 0.25) is 0 Å². The molecule has 11 atom stereocenters. The molecule has 13 N–H and O–H groups in total. The van der Waals surface area contributed by atoms with E-state index in [9.17, 15) is 49.2 Å². The highest BCUT2D eigenvalue weighted by atomic mass is 33.1. The van der Waals surface area contributed by atoms with Crippen LogP contribution in [0.3, 0.4) is 0 Å². The van der Waals surface area contributed by atoms with E-state index in [0.29, 0.717) is 5.56 Å². The van der Waals surface area contributed by atoms with Crippen molar-refractivity contribution in [3.8, 4) is 0 Å². The molecule has 2 aromatic carbocycles. The maximum Gasteiger partial charge on any atom is 0.245 e. The van der Waals surface area contributed by atoms with Crippen molar-refractivity contribution in [2.24, 2.45) is 5.73 Å². The summed E-state index contributed by atoms with van der Waals surface area (Å²) in [6, 6.07) is 8.31. The third-order valence-corrected chi connectivity index (χ3v) is 11.9. The van der Waals surface area contributed by atoms with Crippen molar-refractivity contribution in [1.82, 2.24) is 37.2 Å². The van der Waals surface area contributed by atoms with E-state index >= 15 is 0 Å². The average molecular weight is 863 g/mol. The van der Waals surface area contributed by atoms with Gasteiger partial charge < -0.3 is 58.1 Å². The molecule has 1 fully saturated rings. The Kier molecular flexibility index (Phi) is 20.6. The minimum absolute atomic E-state index is 0.0238. The Labute approximate surface area is 351 Å². The number of carbonyl (C=O) groups is 6. The summed E-state index contributed by atoms with van der Waals surface area (Å²) in [5.74, 6) is -4.97. The number of rotatable bonds is 13. The largest absolute Gasteiger partial charge is 0.394 e. The Balaban J connectivity index is 2.01. The summed E-state index contributed by atoms with van der Waals surface area (Å²) in [5.41, 5.74) is 7.90. The second-order valence-electron chi connectivity index (χ2n) is 14.4. The maximum absolute atomic E-state index is 14.1. The molecule has 3 rings (SSSR count). The van der Waals surface area contributed by atoms with E-state index in [1.807, 2.05) is 30.3 Å². The van der Waals surface area contributed by atoms with Gasteiger partial charge in [0.2, 0.25) is 35.4 Å². The predicted octanol–water partition coefficient (Wildman–Crippen LogP) is -2.44. The summed E-state index contributed by atoms with van der Waals surface area (Å²) in [7, 11) is 2.13. The van der Waals surface area contributed by atoms with Gasteiger partial charge in [-0.15, -0.1) is 0 Å². The second-order valence-corrected chi connectivity index (χ2v) is 16.9. The first kappa shape index (κ1) is 49.1. The van der Waals surface area contributed by atoms with Gasteiger partial charge in [-0.2, -0.15) is 0 Å². The SMILES string of the molecule is CCC1NC(=O)[C@@H](C)NC(=O)C(Cc2ccccc2)NC(=O)[C@@H](NC(O)[C@H](N)Cc2ccccc2)CSSC[C@@H](C(=O)NC(CO)C(C)O)NC(=O)C([C@@H](C)O)NC1=O. The molecule has 0 aliphatic carbocycles. The van der Waals surface area contributed by atoms with Gasteiger partial charge in [0, 0.05) is 24.0 Å². The standard InChI is InChI=1S/C39H58N8O10S2/c1-5-27-35(53)47-32(23(4)50)39(57)46-31(38(56)44-29(18-48)22(3)49)20-59-58-19-30(45-34(52)26(40)16-24-12-8-6-9-13-24)37(55)43-28(17-25-14-10-7-11-15-25)36(54)41-21(2)33(51)42-27/h6-15,21-23,26-32,34,45,48-50,52H,5,16-20,40H2,1-4H3,(H,41,54)(H,42,51)(H,43,55)(H,44,56)(H,46,57)(H,47,53)/t21-,22?,23-,26-,27?,28?,29?,30+,31+,32?,34?/m1/s1. The Bertz CT molecular complexity index is 1680. The molecule has 0 saturated carbocycles. The topological polar surface area (TPSA) is 294 Å². The van der Waals surface area contributed by atoms with Crippen LogP contribution in [-0.4, -0.2) is 141 Å². The lowest BCUT2D eigenvalue weighted by Crippen LogP contribution is -2.62. The van der Waals surface area contributed by atoms with Crippen LogP contribution >= 0.6 is 21.6 Å². The van der Waals surface area contributed by atoms with Gasteiger partial charge in [0.15, 0.2) is 0 Å². The van der Waals surface area contributed by atoms with Gasteiger partial charge >= 0.3 is 0 Å². The molecule has 0 spiro atoms.